The quantitative estimate of drug-likeness (QED) is 0.320. The summed E-state index contributed by atoms with van der Waals surface area (Å²) < 4.78 is 45.2. The topological polar surface area (TPSA) is 195 Å². The monoisotopic (exact) mass is 802 g/mol. The molecule has 300 valence electrons. The predicted octanol–water partition coefficient (Wildman–Crippen LogP) is 4.42. The van der Waals surface area contributed by atoms with Gasteiger partial charge in [0.25, 0.3) is 11.8 Å². The smallest absolute Gasteiger partial charge is 0.408 e. The van der Waals surface area contributed by atoms with Crippen LogP contribution in [0.3, 0.4) is 0 Å². The average Bonchev–Trinajstić information content (AvgIpc) is 4.04. The molecular formula is C38H51ClN6O9S. The molecule has 2 aliphatic carbocycles. The molecule has 3 heterocycles. The maximum atomic E-state index is 14.9. The fraction of sp³-hybridized carbons (Fsp3) is 0.632. The van der Waals surface area contributed by atoms with Crippen molar-refractivity contribution in [3.63, 3.8) is 0 Å². The first-order chi connectivity index (χ1) is 25.9. The molecule has 55 heavy (non-hydrogen) atoms. The van der Waals surface area contributed by atoms with Crippen LogP contribution in [0, 0.1) is 17.8 Å². The van der Waals surface area contributed by atoms with E-state index in [0.29, 0.717) is 48.9 Å². The van der Waals surface area contributed by atoms with Crippen molar-refractivity contribution in [2.24, 2.45) is 17.8 Å². The Balaban J connectivity index is 1.36. The number of nitrogens with zero attached hydrogens (tertiary/aromatic N) is 3. The van der Waals surface area contributed by atoms with Crippen molar-refractivity contribution in [2.75, 3.05) is 13.7 Å². The molecule has 1 saturated heterocycles. The van der Waals surface area contributed by atoms with E-state index >= 15 is 0 Å². The summed E-state index contributed by atoms with van der Waals surface area (Å²) in [4.78, 5) is 66.7. The van der Waals surface area contributed by atoms with Gasteiger partial charge in [-0.3, -0.25) is 19.1 Å². The van der Waals surface area contributed by atoms with Gasteiger partial charge in [-0.25, -0.2) is 23.2 Å². The molecule has 2 aromatic rings. The number of nitrogens with one attached hydrogen (secondary N) is 3. The summed E-state index contributed by atoms with van der Waals surface area (Å²) in [6, 6.07) is 2.86. The van der Waals surface area contributed by atoms with Gasteiger partial charge in [-0.05, 0) is 83.3 Å². The second kappa shape index (κ2) is 15.8. The Kier molecular flexibility index (Phi) is 11.6. The Hall–Kier alpha value is -4.18. The SMILES string of the molecule is CC[C@@H]1C[C@H](C)CC/C=C\[C@@H]2C[C@@]2(C(=O)NS(=O)(=O)C2CC2)NC(=O)[C@@H]2C[C@@H](Oc3nc4cc(OC)ccc4nc3Cl)CN2C(=O)[C@H]1NC(=O)OC(C)(C)C. The Labute approximate surface area is 326 Å². The van der Waals surface area contributed by atoms with Crippen molar-refractivity contribution in [2.45, 2.75) is 121 Å². The minimum absolute atomic E-state index is 0.0137. The van der Waals surface area contributed by atoms with Crippen LogP contribution in [0.25, 0.3) is 11.0 Å². The lowest BCUT2D eigenvalue weighted by Gasteiger charge is -2.34. The number of allylic oxidation sites excluding steroid dienone is 1. The third-order valence-corrected chi connectivity index (χ3v) is 12.8. The van der Waals surface area contributed by atoms with E-state index in [0.717, 1.165) is 6.42 Å². The normalized spacial score (nSPS) is 29.5. The number of aromatic nitrogens is 2. The van der Waals surface area contributed by atoms with Crippen LogP contribution in [0.5, 0.6) is 11.6 Å². The van der Waals surface area contributed by atoms with Crippen molar-refractivity contribution < 1.29 is 41.8 Å². The zero-order chi connectivity index (χ0) is 39.9. The molecule has 17 heteroatoms. The van der Waals surface area contributed by atoms with Crippen LogP contribution in [-0.2, 0) is 29.1 Å². The third-order valence-electron chi connectivity index (χ3n) is 10.7. The number of fused-ring (bicyclic) bond motifs is 3. The second-order valence-corrected chi connectivity index (χ2v) is 18.6. The number of rotatable bonds is 8. The summed E-state index contributed by atoms with van der Waals surface area (Å²) in [5, 5.41) is 5.03. The Morgan fingerprint density at radius 1 is 1.11 bits per heavy atom. The number of halogens is 1. The van der Waals surface area contributed by atoms with Gasteiger partial charge in [-0.15, -0.1) is 0 Å². The number of hydrogen-bond acceptors (Lipinski definition) is 11. The molecule has 4 amide bonds. The fourth-order valence-electron chi connectivity index (χ4n) is 7.51. The summed E-state index contributed by atoms with van der Waals surface area (Å²) >= 11 is 6.53. The molecular weight excluding hydrogens is 752 g/mol. The number of methoxy groups -OCH3 is 1. The summed E-state index contributed by atoms with van der Waals surface area (Å²) in [6.07, 6.45) is 5.87. The van der Waals surface area contributed by atoms with Crippen LogP contribution >= 0.6 is 11.6 Å². The standard InChI is InChI=1S/C38H51ClN6O9S/c1-7-22-16-21(2)10-8-9-11-23-19-38(23,35(48)44-55(50,51)26-13-14-26)43-32(46)29-18-25(20-45(29)34(47)30(22)42-36(49)54-37(3,4)5)53-33-31(39)40-27-15-12-24(52-6)17-28(27)41-33/h9,11-12,15,17,21-23,25-26,29-30H,7-8,10,13-14,16,18-20H2,1-6H3,(H,42,49)(H,43,46)(H,44,48)/b11-9-/t21-,22-,23-,25-,29+,30+,38-/m1/s1. The molecule has 3 N–H and O–H groups in total. The largest absolute Gasteiger partial charge is 0.497 e. The van der Waals surface area contributed by atoms with E-state index in [9.17, 15) is 27.6 Å². The lowest BCUT2D eigenvalue weighted by atomic mass is 9.85. The molecule has 6 rings (SSSR count). The van der Waals surface area contributed by atoms with Crippen molar-refractivity contribution in [3.05, 3.63) is 35.5 Å². The van der Waals surface area contributed by atoms with E-state index in [1.54, 1.807) is 39.0 Å². The first-order valence-electron chi connectivity index (χ1n) is 19.0. The van der Waals surface area contributed by atoms with Crippen molar-refractivity contribution in [1.82, 2.24) is 30.2 Å². The average molecular weight is 803 g/mol. The van der Waals surface area contributed by atoms with Crippen molar-refractivity contribution in [1.29, 1.82) is 0 Å². The number of sulfonamides is 1. The molecule has 0 radical (unpaired) electrons. The van der Waals surface area contributed by atoms with Gasteiger partial charge in [0.1, 0.15) is 35.1 Å². The number of alkyl carbamates (subject to hydrolysis) is 1. The van der Waals surface area contributed by atoms with Crippen LogP contribution in [-0.4, -0.2) is 95.3 Å². The molecule has 4 aliphatic rings. The molecule has 1 aromatic heterocycles. The molecule has 0 spiro atoms. The third kappa shape index (κ3) is 9.28. The first kappa shape index (κ1) is 40.5. The Bertz CT molecular complexity index is 1970. The highest BCUT2D eigenvalue weighted by atomic mass is 35.5. The second-order valence-electron chi connectivity index (χ2n) is 16.2. The van der Waals surface area contributed by atoms with Crippen molar-refractivity contribution >= 4 is 56.5 Å². The molecule has 3 fully saturated rings. The van der Waals surface area contributed by atoms with Gasteiger partial charge >= 0.3 is 6.09 Å². The highest BCUT2D eigenvalue weighted by Crippen LogP contribution is 2.46. The maximum absolute atomic E-state index is 14.9. The molecule has 0 unspecified atom stereocenters. The number of carbonyl (C=O) groups excluding carboxylic acids is 4. The summed E-state index contributed by atoms with van der Waals surface area (Å²) in [7, 11) is -2.39. The Morgan fingerprint density at radius 3 is 2.53 bits per heavy atom. The zero-order valence-corrected chi connectivity index (χ0v) is 33.7. The van der Waals surface area contributed by atoms with E-state index in [4.69, 9.17) is 25.8 Å². The maximum Gasteiger partial charge on any atom is 0.408 e. The van der Waals surface area contributed by atoms with Crippen LogP contribution < -0.4 is 24.8 Å². The minimum Gasteiger partial charge on any atom is -0.497 e. The summed E-state index contributed by atoms with van der Waals surface area (Å²) in [5.41, 5.74) is -1.43. The van der Waals surface area contributed by atoms with E-state index in [1.807, 2.05) is 19.1 Å². The van der Waals surface area contributed by atoms with Gasteiger partial charge < -0.3 is 29.7 Å². The molecule has 7 atom stereocenters. The number of benzene rings is 1. The zero-order valence-electron chi connectivity index (χ0n) is 32.1. The first-order valence-corrected chi connectivity index (χ1v) is 20.9. The highest BCUT2D eigenvalue weighted by molar-refractivity contribution is 7.91. The van der Waals surface area contributed by atoms with Crippen molar-refractivity contribution in [3.8, 4) is 11.6 Å². The number of ether oxygens (including phenoxy) is 3. The molecule has 0 bridgehead atoms. The van der Waals surface area contributed by atoms with Crippen LogP contribution in [0.2, 0.25) is 5.15 Å². The molecule has 15 nitrogen and oxygen atoms in total. The number of carbonyl (C=O) groups is 4. The minimum atomic E-state index is -3.92. The van der Waals surface area contributed by atoms with Gasteiger partial charge in [-0.2, -0.15) is 0 Å². The van der Waals surface area contributed by atoms with Crippen LogP contribution in [0.4, 0.5) is 4.79 Å². The van der Waals surface area contributed by atoms with Gasteiger partial charge in [0.15, 0.2) is 5.15 Å². The Morgan fingerprint density at radius 2 is 1.85 bits per heavy atom. The van der Waals surface area contributed by atoms with Crippen LogP contribution in [0.1, 0.15) is 86.0 Å². The van der Waals surface area contributed by atoms with E-state index in [1.165, 1.54) is 12.0 Å². The number of hydrogen-bond donors (Lipinski definition) is 3. The lowest BCUT2D eigenvalue weighted by Crippen LogP contribution is -2.59. The van der Waals surface area contributed by atoms with Gasteiger partial charge in [-0.1, -0.05) is 44.0 Å². The highest BCUT2D eigenvalue weighted by Gasteiger charge is 2.62. The molecule has 2 saturated carbocycles. The van der Waals surface area contributed by atoms with E-state index in [2.05, 4.69) is 32.2 Å². The molecule has 2 aliphatic heterocycles. The van der Waals surface area contributed by atoms with E-state index in [-0.39, 0.29) is 42.3 Å². The van der Waals surface area contributed by atoms with Crippen LogP contribution in [0.15, 0.2) is 30.4 Å². The lowest BCUT2D eigenvalue weighted by molar-refractivity contribution is -0.142. The number of amides is 4. The predicted molar refractivity (Wildman–Crippen MR) is 204 cm³/mol. The van der Waals surface area contributed by atoms with Gasteiger partial charge in [0.05, 0.1) is 29.9 Å². The van der Waals surface area contributed by atoms with Gasteiger partial charge in [0, 0.05) is 18.4 Å². The van der Waals surface area contributed by atoms with E-state index < -0.39 is 74.3 Å². The molecule has 1 aromatic carbocycles. The van der Waals surface area contributed by atoms with Gasteiger partial charge in [0.2, 0.25) is 21.8 Å². The fourth-order valence-corrected chi connectivity index (χ4v) is 9.05. The summed E-state index contributed by atoms with van der Waals surface area (Å²) in [6.45, 7) is 9.11. The summed E-state index contributed by atoms with van der Waals surface area (Å²) in [5.74, 6) is -2.10.